The van der Waals surface area contributed by atoms with Crippen LogP contribution in [0, 0.1) is 0 Å². The van der Waals surface area contributed by atoms with Crippen molar-refractivity contribution in [3.05, 3.63) is 90.9 Å². The molecule has 0 bridgehead atoms. The molecule has 150 valence electrons. The van der Waals surface area contributed by atoms with Crippen molar-refractivity contribution in [3.63, 3.8) is 0 Å². The molecule has 2 amide bonds. The quantitative estimate of drug-likeness (QED) is 0.552. The van der Waals surface area contributed by atoms with Gasteiger partial charge in [-0.1, -0.05) is 30.3 Å². The topological polar surface area (TPSA) is 80.2 Å². The Hall–Kier alpha value is -2.71. The van der Waals surface area contributed by atoms with Crippen molar-refractivity contribution in [3.8, 4) is 0 Å². The lowest BCUT2D eigenvalue weighted by Gasteiger charge is -2.14. The lowest BCUT2D eigenvalue weighted by atomic mass is 10.1. The van der Waals surface area contributed by atoms with Crippen molar-refractivity contribution < 1.29 is 9.59 Å². The monoisotopic (exact) mass is 473 g/mol. The number of nitrogens with one attached hydrogen (secondary N) is 2. The Labute approximate surface area is 180 Å². The van der Waals surface area contributed by atoms with Gasteiger partial charge >= 0.3 is 0 Å². The van der Waals surface area contributed by atoms with E-state index in [1.165, 1.54) is 17.4 Å². The van der Waals surface area contributed by atoms with E-state index in [4.69, 9.17) is 0 Å². The number of amides is 2. The highest BCUT2D eigenvalue weighted by Crippen LogP contribution is 2.21. The first-order chi connectivity index (χ1) is 13.9. The molecule has 0 fully saturated rings. The van der Waals surface area contributed by atoms with Gasteiger partial charge in [-0.15, -0.1) is 11.3 Å². The summed E-state index contributed by atoms with van der Waals surface area (Å²) in [5, 5.41) is 5.52. The minimum Gasteiger partial charge on any atom is -0.350 e. The Kier molecular flexibility index (Phi) is 7.00. The van der Waals surface area contributed by atoms with Gasteiger partial charge in [0.05, 0.1) is 15.2 Å². The molecule has 0 spiro atoms. The van der Waals surface area contributed by atoms with Crippen LogP contribution in [0.15, 0.2) is 69.4 Å². The van der Waals surface area contributed by atoms with E-state index in [0.29, 0.717) is 18.0 Å². The summed E-state index contributed by atoms with van der Waals surface area (Å²) < 4.78 is 2.49. The van der Waals surface area contributed by atoms with Crippen molar-refractivity contribution in [2.24, 2.45) is 0 Å². The Bertz CT molecular complexity index is 1060. The molecule has 3 rings (SSSR count). The molecule has 1 aromatic carbocycles. The lowest BCUT2D eigenvalue weighted by Crippen LogP contribution is -2.44. The Morgan fingerprint density at radius 3 is 2.45 bits per heavy atom. The zero-order valence-electron chi connectivity index (χ0n) is 15.7. The number of hydrogen-bond donors (Lipinski definition) is 2. The van der Waals surface area contributed by atoms with Crippen LogP contribution in [0.3, 0.4) is 0 Å². The summed E-state index contributed by atoms with van der Waals surface area (Å²) in [6, 6.07) is 15.6. The minimum atomic E-state index is -0.646. The van der Waals surface area contributed by atoms with Gasteiger partial charge in [0.25, 0.3) is 11.5 Å². The van der Waals surface area contributed by atoms with Crippen LogP contribution in [0.5, 0.6) is 0 Å². The number of hydrogen-bond acceptors (Lipinski definition) is 4. The van der Waals surface area contributed by atoms with Gasteiger partial charge in [0.1, 0.15) is 6.04 Å². The normalized spacial score (nSPS) is 11.7. The maximum atomic E-state index is 12.3. The molecular formula is C21H20BrN3O3S. The molecule has 0 radical (unpaired) electrons. The van der Waals surface area contributed by atoms with Crippen molar-refractivity contribution in [2.75, 3.05) is 0 Å². The van der Waals surface area contributed by atoms with Crippen LogP contribution < -0.4 is 16.2 Å². The molecule has 0 aliphatic heterocycles. The van der Waals surface area contributed by atoms with Crippen LogP contribution in [0.2, 0.25) is 0 Å². The van der Waals surface area contributed by atoms with E-state index in [0.717, 1.165) is 14.9 Å². The number of nitrogens with zero attached hydrogens (tertiary/aromatic N) is 1. The Morgan fingerprint density at radius 1 is 1.07 bits per heavy atom. The molecular weight excluding hydrogens is 454 g/mol. The van der Waals surface area contributed by atoms with Crippen LogP contribution in [-0.4, -0.2) is 22.4 Å². The summed E-state index contributed by atoms with van der Waals surface area (Å²) in [6.45, 7) is 2.50. The molecule has 0 saturated carbocycles. The molecule has 0 aliphatic rings. The number of benzene rings is 1. The second kappa shape index (κ2) is 9.67. The number of halogens is 1. The third-order valence-electron chi connectivity index (χ3n) is 4.28. The van der Waals surface area contributed by atoms with E-state index in [-0.39, 0.29) is 17.4 Å². The molecule has 8 heteroatoms. The summed E-state index contributed by atoms with van der Waals surface area (Å²) in [6.07, 6.45) is 1.75. The van der Waals surface area contributed by atoms with Crippen molar-refractivity contribution >= 4 is 39.1 Å². The lowest BCUT2D eigenvalue weighted by molar-refractivity contribution is -0.122. The predicted molar refractivity (Wildman–Crippen MR) is 117 cm³/mol. The maximum absolute atomic E-state index is 12.3. The number of carbonyl (C=O) groups excluding carboxylic acids is 2. The highest BCUT2D eigenvalue weighted by Gasteiger charge is 2.17. The van der Waals surface area contributed by atoms with E-state index in [9.17, 15) is 14.4 Å². The molecule has 1 unspecified atom stereocenters. The van der Waals surface area contributed by atoms with Crippen molar-refractivity contribution in [1.29, 1.82) is 0 Å². The van der Waals surface area contributed by atoms with E-state index < -0.39 is 6.04 Å². The SMILES string of the molecule is CC(NC(=O)c1ccc(Br)s1)C(=O)NCc1ccc(Cn2ccccc2=O)cc1. The zero-order valence-corrected chi connectivity index (χ0v) is 18.1. The second-order valence-corrected chi connectivity index (χ2v) is 8.96. The van der Waals surface area contributed by atoms with Crippen LogP contribution >= 0.6 is 27.3 Å². The highest BCUT2D eigenvalue weighted by atomic mass is 79.9. The Morgan fingerprint density at radius 2 is 1.79 bits per heavy atom. The van der Waals surface area contributed by atoms with Crippen molar-refractivity contribution in [2.45, 2.75) is 26.1 Å². The van der Waals surface area contributed by atoms with Gasteiger partial charge in [-0.2, -0.15) is 0 Å². The maximum Gasteiger partial charge on any atom is 0.262 e. The first-order valence-electron chi connectivity index (χ1n) is 8.99. The molecule has 2 N–H and O–H groups in total. The Balaban J connectivity index is 1.50. The number of pyridine rings is 1. The summed E-state index contributed by atoms with van der Waals surface area (Å²) in [7, 11) is 0. The third-order valence-corrected chi connectivity index (χ3v) is 5.90. The van der Waals surface area contributed by atoms with Gasteiger partial charge < -0.3 is 15.2 Å². The molecule has 1 atom stereocenters. The highest BCUT2D eigenvalue weighted by molar-refractivity contribution is 9.11. The fourth-order valence-electron chi connectivity index (χ4n) is 2.66. The number of thiophene rings is 1. The molecule has 2 heterocycles. The average Bonchev–Trinajstić information content (AvgIpc) is 3.15. The smallest absolute Gasteiger partial charge is 0.262 e. The molecule has 0 aliphatic carbocycles. The van der Waals surface area contributed by atoms with Crippen LogP contribution in [0.1, 0.15) is 27.7 Å². The van der Waals surface area contributed by atoms with Gasteiger partial charge in [0.15, 0.2) is 0 Å². The van der Waals surface area contributed by atoms with Gasteiger partial charge in [-0.3, -0.25) is 14.4 Å². The van der Waals surface area contributed by atoms with Gasteiger partial charge in [-0.05, 0) is 52.2 Å². The average molecular weight is 474 g/mol. The number of rotatable bonds is 7. The number of aromatic nitrogens is 1. The fraction of sp³-hybridized carbons (Fsp3) is 0.190. The molecule has 3 aromatic rings. The first-order valence-corrected chi connectivity index (χ1v) is 10.6. The first kappa shape index (κ1) is 21.0. The standard InChI is InChI=1S/C21H20BrN3O3S/c1-14(24-21(28)17-9-10-18(22)29-17)20(27)23-12-15-5-7-16(8-6-15)13-25-11-3-2-4-19(25)26/h2-11,14H,12-13H2,1H3,(H,23,27)(H,24,28). The number of carbonyl (C=O) groups is 2. The predicted octanol–water partition coefficient (Wildman–Crippen LogP) is 3.16. The second-order valence-electron chi connectivity index (χ2n) is 6.50. The molecule has 6 nitrogen and oxygen atoms in total. The largest absolute Gasteiger partial charge is 0.350 e. The minimum absolute atomic E-state index is 0.0465. The third kappa shape index (κ3) is 5.88. The van der Waals surface area contributed by atoms with Gasteiger partial charge in [0.2, 0.25) is 5.91 Å². The summed E-state index contributed by atoms with van der Waals surface area (Å²) >= 11 is 4.63. The van der Waals surface area contributed by atoms with Gasteiger partial charge in [0, 0.05) is 18.8 Å². The fourth-order valence-corrected chi connectivity index (χ4v) is 3.95. The zero-order chi connectivity index (χ0) is 20.8. The summed E-state index contributed by atoms with van der Waals surface area (Å²) in [5.41, 5.74) is 1.88. The van der Waals surface area contributed by atoms with Crippen LogP contribution in [0.4, 0.5) is 0 Å². The van der Waals surface area contributed by atoms with E-state index in [1.54, 1.807) is 35.9 Å². The summed E-state index contributed by atoms with van der Waals surface area (Å²) in [5.74, 6) is -0.530. The molecule has 0 saturated heterocycles. The molecule has 29 heavy (non-hydrogen) atoms. The summed E-state index contributed by atoms with van der Waals surface area (Å²) in [4.78, 5) is 36.7. The molecule has 2 aromatic heterocycles. The van der Waals surface area contributed by atoms with E-state index in [2.05, 4.69) is 26.6 Å². The van der Waals surface area contributed by atoms with Crippen LogP contribution in [-0.2, 0) is 17.9 Å². The van der Waals surface area contributed by atoms with E-state index in [1.807, 2.05) is 30.3 Å². The van der Waals surface area contributed by atoms with E-state index >= 15 is 0 Å². The van der Waals surface area contributed by atoms with Gasteiger partial charge in [-0.25, -0.2) is 0 Å². The van der Waals surface area contributed by atoms with Crippen molar-refractivity contribution in [1.82, 2.24) is 15.2 Å². The van der Waals surface area contributed by atoms with Crippen LogP contribution in [0.25, 0.3) is 0 Å².